The molecule has 1 aromatic heterocycles. The zero-order valence-electron chi connectivity index (χ0n) is 12.4. The Kier molecular flexibility index (Phi) is 3.95. The first-order chi connectivity index (χ1) is 9.94. The number of nitrogens with one attached hydrogen (secondary N) is 1. The summed E-state index contributed by atoms with van der Waals surface area (Å²) in [5.41, 5.74) is 2.61. The molecule has 106 valence electrons. The Morgan fingerprint density at radius 3 is 2.48 bits per heavy atom. The third-order valence-electron chi connectivity index (χ3n) is 3.08. The van der Waals surface area contributed by atoms with Crippen molar-refractivity contribution < 1.29 is 0 Å². The highest BCUT2D eigenvalue weighted by Crippen LogP contribution is 2.17. The van der Waals surface area contributed by atoms with Gasteiger partial charge in [-0.25, -0.2) is 0 Å². The second-order valence-electron chi connectivity index (χ2n) is 5.80. The molecule has 2 aromatic rings. The van der Waals surface area contributed by atoms with Gasteiger partial charge < -0.3 is 5.32 Å². The van der Waals surface area contributed by atoms with Gasteiger partial charge in [-0.1, -0.05) is 0 Å². The Balaban J connectivity index is 2.09. The molecule has 0 aliphatic heterocycles. The van der Waals surface area contributed by atoms with Gasteiger partial charge in [-0.15, -0.1) is 0 Å². The molecule has 0 amide bonds. The molecule has 5 heteroatoms. The fourth-order valence-electron chi connectivity index (χ4n) is 1.87. The average Bonchev–Trinajstić information content (AvgIpc) is 2.93. The minimum atomic E-state index is -0.0410. The van der Waals surface area contributed by atoms with Crippen molar-refractivity contribution in [3.8, 4) is 12.1 Å². The fourth-order valence-corrected chi connectivity index (χ4v) is 1.87. The van der Waals surface area contributed by atoms with Crippen LogP contribution in [0, 0.1) is 22.7 Å². The summed E-state index contributed by atoms with van der Waals surface area (Å²) < 4.78 is 1.92. The summed E-state index contributed by atoms with van der Waals surface area (Å²) in [6.45, 7) is 6.90. The topological polar surface area (TPSA) is 77.4 Å². The summed E-state index contributed by atoms with van der Waals surface area (Å²) in [6, 6.07) is 9.17. The summed E-state index contributed by atoms with van der Waals surface area (Å²) in [6.07, 6.45) is 3.83. The van der Waals surface area contributed by atoms with E-state index in [1.54, 1.807) is 18.2 Å². The van der Waals surface area contributed by atoms with E-state index in [4.69, 9.17) is 10.5 Å². The highest BCUT2D eigenvalue weighted by Gasteiger charge is 2.13. The van der Waals surface area contributed by atoms with Crippen LogP contribution < -0.4 is 5.32 Å². The Morgan fingerprint density at radius 2 is 1.90 bits per heavy atom. The van der Waals surface area contributed by atoms with Crippen LogP contribution >= 0.6 is 0 Å². The minimum absolute atomic E-state index is 0.0410. The molecule has 0 radical (unpaired) electrons. The normalized spacial score (nSPS) is 10.7. The van der Waals surface area contributed by atoms with E-state index in [0.29, 0.717) is 17.7 Å². The zero-order valence-corrected chi connectivity index (χ0v) is 12.4. The van der Waals surface area contributed by atoms with Crippen molar-refractivity contribution in [3.63, 3.8) is 0 Å². The molecular weight excluding hydrogens is 262 g/mol. The summed E-state index contributed by atoms with van der Waals surface area (Å²) in [4.78, 5) is 0. The molecule has 0 aliphatic carbocycles. The van der Waals surface area contributed by atoms with Crippen molar-refractivity contribution in [1.29, 1.82) is 10.5 Å². The van der Waals surface area contributed by atoms with Crippen molar-refractivity contribution >= 4 is 5.69 Å². The standard InChI is InChI=1S/C16H17N5/c1-16(2,3)21-11-12(10-20-21)9-19-15-5-4-13(7-17)14(6-15)8-18/h4-6,10-11,19H,9H2,1-3H3. The lowest BCUT2D eigenvalue weighted by Gasteiger charge is -2.18. The molecule has 0 unspecified atom stereocenters. The van der Waals surface area contributed by atoms with Gasteiger partial charge in [0.25, 0.3) is 0 Å². The van der Waals surface area contributed by atoms with E-state index in [1.165, 1.54) is 0 Å². The molecule has 0 atom stereocenters. The van der Waals surface area contributed by atoms with Gasteiger partial charge in [0.2, 0.25) is 0 Å². The van der Waals surface area contributed by atoms with Crippen LogP contribution in [-0.4, -0.2) is 9.78 Å². The second kappa shape index (κ2) is 5.68. The van der Waals surface area contributed by atoms with Crippen molar-refractivity contribution in [2.45, 2.75) is 32.9 Å². The van der Waals surface area contributed by atoms with Crippen LogP contribution in [0.5, 0.6) is 0 Å². The van der Waals surface area contributed by atoms with Gasteiger partial charge in [0, 0.05) is 24.0 Å². The number of nitrogens with zero attached hydrogens (tertiary/aromatic N) is 4. The SMILES string of the molecule is CC(C)(C)n1cc(CNc2ccc(C#N)c(C#N)c2)cn1. The Hall–Kier alpha value is -2.79. The van der Waals surface area contributed by atoms with Gasteiger partial charge >= 0.3 is 0 Å². The Labute approximate surface area is 124 Å². The van der Waals surface area contributed by atoms with E-state index in [9.17, 15) is 0 Å². The van der Waals surface area contributed by atoms with Crippen molar-refractivity contribution in [3.05, 3.63) is 47.3 Å². The van der Waals surface area contributed by atoms with Crippen LogP contribution in [0.4, 0.5) is 5.69 Å². The lowest BCUT2D eigenvalue weighted by molar-refractivity contribution is 0.355. The molecular formula is C16H17N5. The number of hydrogen-bond donors (Lipinski definition) is 1. The van der Waals surface area contributed by atoms with Gasteiger partial charge in [-0.2, -0.15) is 15.6 Å². The molecule has 0 spiro atoms. The lowest BCUT2D eigenvalue weighted by Crippen LogP contribution is -2.21. The smallest absolute Gasteiger partial charge is 0.101 e. The minimum Gasteiger partial charge on any atom is -0.381 e. The van der Waals surface area contributed by atoms with Crippen LogP contribution in [0.3, 0.4) is 0 Å². The van der Waals surface area contributed by atoms with Crippen molar-refractivity contribution in [1.82, 2.24) is 9.78 Å². The lowest BCUT2D eigenvalue weighted by atomic mass is 10.1. The quantitative estimate of drug-likeness (QED) is 0.936. The number of hydrogen-bond acceptors (Lipinski definition) is 4. The van der Waals surface area contributed by atoms with Crippen LogP contribution in [-0.2, 0) is 12.1 Å². The van der Waals surface area contributed by atoms with E-state index in [-0.39, 0.29) is 5.54 Å². The molecule has 1 N–H and O–H groups in total. The monoisotopic (exact) mass is 279 g/mol. The molecule has 0 bridgehead atoms. The van der Waals surface area contributed by atoms with E-state index in [1.807, 2.05) is 29.2 Å². The second-order valence-corrected chi connectivity index (χ2v) is 5.80. The molecule has 0 aliphatic rings. The third kappa shape index (κ3) is 3.40. The van der Waals surface area contributed by atoms with E-state index >= 15 is 0 Å². The molecule has 1 heterocycles. The maximum atomic E-state index is 9.01. The number of benzene rings is 1. The van der Waals surface area contributed by atoms with Crippen molar-refractivity contribution in [2.75, 3.05) is 5.32 Å². The van der Waals surface area contributed by atoms with Gasteiger partial charge in [0.1, 0.15) is 12.1 Å². The summed E-state index contributed by atoms with van der Waals surface area (Å²) in [7, 11) is 0. The van der Waals surface area contributed by atoms with Crippen LogP contribution in [0.2, 0.25) is 0 Å². The zero-order chi connectivity index (χ0) is 15.5. The number of rotatable bonds is 3. The van der Waals surface area contributed by atoms with E-state index in [2.05, 4.69) is 31.2 Å². The van der Waals surface area contributed by atoms with Gasteiger partial charge in [-0.3, -0.25) is 4.68 Å². The summed E-state index contributed by atoms with van der Waals surface area (Å²) in [5, 5.41) is 25.5. The number of aromatic nitrogens is 2. The first-order valence-electron chi connectivity index (χ1n) is 6.66. The van der Waals surface area contributed by atoms with Gasteiger partial charge in [0.05, 0.1) is 22.9 Å². The van der Waals surface area contributed by atoms with Crippen LogP contribution in [0.15, 0.2) is 30.6 Å². The van der Waals surface area contributed by atoms with Crippen LogP contribution in [0.1, 0.15) is 37.5 Å². The number of anilines is 1. The Bertz CT molecular complexity index is 722. The van der Waals surface area contributed by atoms with E-state index < -0.39 is 0 Å². The van der Waals surface area contributed by atoms with Crippen LogP contribution in [0.25, 0.3) is 0 Å². The maximum Gasteiger partial charge on any atom is 0.101 e. The third-order valence-corrected chi connectivity index (χ3v) is 3.08. The fraction of sp³-hybridized carbons (Fsp3) is 0.312. The molecule has 1 aromatic carbocycles. The molecule has 5 nitrogen and oxygen atoms in total. The summed E-state index contributed by atoms with van der Waals surface area (Å²) >= 11 is 0. The van der Waals surface area contributed by atoms with Gasteiger partial charge in [0.15, 0.2) is 0 Å². The largest absolute Gasteiger partial charge is 0.381 e. The number of nitriles is 2. The highest BCUT2D eigenvalue weighted by atomic mass is 15.3. The molecule has 2 rings (SSSR count). The molecule has 0 saturated carbocycles. The first kappa shape index (κ1) is 14.6. The van der Waals surface area contributed by atoms with Crippen molar-refractivity contribution in [2.24, 2.45) is 0 Å². The predicted octanol–water partition coefficient (Wildman–Crippen LogP) is 2.99. The van der Waals surface area contributed by atoms with Gasteiger partial charge in [-0.05, 0) is 39.0 Å². The summed E-state index contributed by atoms with van der Waals surface area (Å²) in [5.74, 6) is 0. The highest BCUT2D eigenvalue weighted by molar-refractivity contribution is 5.56. The maximum absolute atomic E-state index is 9.01. The van der Waals surface area contributed by atoms with E-state index in [0.717, 1.165) is 11.3 Å². The first-order valence-corrected chi connectivity index (χ1v) is 6.66. The molecule has 21 heavy (non-hydrogen) atoms. The average molecular weight is 279 g/mol. The molecule has 0 fully saturated rings. The molecule has 0 saturated heterocycles. The Morgan fingerprint density at radius 1 is 1.19 bits per heavy atom. The predicted molar refractivity (Wildman–Crippen MR) is 80.4 cm³/mol.